The number of hydrogen-bond acceptors (Lipinski definition) is 8. The molecule has 24 heteroatoms. The van der Waals surface area contributed by atoms with E-state index in [9.17, 15) is 0 Å². The summed E-state index contributed by atoms with van der Waals surface area (Å²) in [6, 6.07) is 39.7. The molecule has 0 atom stereocenters. The first-order chi connectivity index (χ1) is 57.6. The summed E-state index contributed by atoms with van der Waals surface area (Å²) >= 11 is 71.4. The second-order valence-electron chi connectivity index (χ2n) is 41.1. The molecule has 8 fully saturated rings. The van der Waals surface area contributed by atoms with Crippen molar-refractivity contribution in [3.8, 4) is 0 Å². The van der Waals surface area contributed by atoms with Gasteiger partial charge in [-0.25, -0.2) is 0 Å². The van der Waals surface area contributed by atoms with Crippen LogP contribution in [0.2, 0.25) is 72.5 Å². The van der Waals surface area contributed by atoms with E-state index in [1.54, 1.807) is 0 Å². The molecule has 736 valence electrons. The molecule has 0 bridgehead atoms. The maximum Gasteiger partial charge on any atom is 0.192 e. The molecule has 126 heavy (non-hydrogen) atoms. The molecule has 0 spiro atoms. The summed E-state index contributed by atoms with van der Waals surface area (Å²) in [6.07, 6.45) is 36.0. The van der Waals surface area contributed by atoms with E-state index in [1.807, 2.05) is 97.1 Å². The van der Waals surface area contributed by atoms with E-state index in [1.165, 1.54) is 11.1 Å². The van der Waals surface area contributed by atoms with Gasteiger partial charge in [-0.05, 0) is 274 Å². The quantitative estimate of drug-likeness (QED) is 0.0630. The Bertz CT molecular complexity index is 2820. The van der Waals surface area contributed by atoms with Crippen LogP contribution in [0.5, 0.6) is 0 Å². The smallest absolute Gasteiger partial charge is 0.192 e. The van der Waals surface area contributed by atoms with Crippen LogP contribution in [-0.2, 0) is 44.8 Å². The van der Waals surface area contributed by atoms with Crippen LogP contribution in [0.25, 0.3) is 0 Å². The molecule has 8 aliphatic rings. The third-order valence-corrected chi connectivity index (χ3v) is 49.6. The van der Waals surface area contributed by atoms with E-state index in [-0.39, 0.29) is 40.3 Å². The Morgan fingerprint density at radius 2 is 0.405 bits per heavy atom. The zero-order valence-electron chi connectivity index (χ0n) is 80.2. The lowest BCUT2D eigenvalue weighted by atomic mass is 9.97. The van der Waals surface area contributed by atoms with E-state index in [0.29, 0.717) is 98.3 Å². The van der Waals surface area contributed by atoms with E-state index in [4.69, 9.17) is 177 Å². The number of aliphatic hydroxyl groups is 4. The zero-order valence-corrected chi connectivity index (χ0v) is 93.3. The van der Waals surface area contributed by atoms with Crippen LogP contribution in [0, 0.1) is 0 Å². The molecule has 0 aromatic heterocycles. The van der Waals surface area contributed by atoms with Gasteiger partial charge in [0, 0.05) is 66.0 Å². The van der Waals surface area contributed by atoms with Crippen LogP contribution in [0.3, 0.4) is 0 Å². The fourth-order valence-corrected chi connectivity index (χ4v) is 18.0. The number of ether oxygens (including phenoxy) is 2. The van der Waals surface area contributed by atoms with Crippen LogP contribution in [0.4, 0.5) is 0 Å². The number of aliphatic hydroxyl groups excluding tert-OH is 4. The highest BCUT2D eigenvalue weighted by atomic mass is 35.6. The largest absolute Gasteiger partial charge is 0.414 e. The summed E-state index contributed by atoms with van der Waals surface area (Å²) in [5.41, 5.74) is 4.44. The fourth-order valence-electron chi connectivity index (χ4n) is 12.7. The predicted octanol–water partition coefficient (Wildman–Crippen LogP) is 35.3. The molecule has 0 unspecified atom stereocenters. The number of rotatable bonds is 12. The molecule has 8 saturated carbocycles. The van der Waals surface area contributed by atoms with Crippen molar-refractivity contribution in [3.63, 3.8) is 0 Å². The van der Waals surface area contributed by atoms with Gasteiger partial charge in [-0.15, -0.1) is 116 Å². The van der Waals surface area contributed by atoms with Crippen LogP contribution in [0.15, 0.2) is 121 Å². The first-order valence-electron chi connectivity index (χ1n) is 46.8. The normalized spacial score (nSPS) is 26.3. The highest BCUT2D eigenvalue weighted by Gasteiger charge is 2.42. The Labute approximate surface area is 837 Å². The summed E-state index contributed by atoms with van der Waals surface area (Å²) in [6.45, 7) is 46.8. The summed E-state index contributed by atoms with van der Waals surface area (Å²) < 4.78 is 24.5. The van der Waals surface area contributed by atoms with E-state index in [0.717, 1.165) is 230 Å². The first-order valence-corrected chi connectivity index (χ1v) is 65.0. The van der Waals surface area contributed by atoms with Crippen molar-refractivity contribution in [1.82, 2.24) is 0 Å². The SMILES string of the molecule is C.C.CC(C)(C)[Si](C)(C)Cl.CC(C)(C)[Si](C)(C)Cl.CC(C)(C)[Si](C)(C)OC1CCC(Cl)CC1.CC(C)(C)[Si](C)(C)OC1CCC(Cl)CC1.ClC1CCC(Cl)CC1.ClC1CCC(Cl)CC1.ClC1CCC(OCc2ccccc2)CC1.ClC1CCC(OCc2ccccc2)CC1.OC1CCC(Cl)CC1.OC1CCC(Cl)CC1.OCc1ccccc1.OCc1ccccc1. The van der Waals surface area contributed by atoms with Crippen molar-refractivity contribution in [2.75, 3.05) is 0 Å². The third-order valence-electron chi connectivity index (χ3n) is 25.6. The van der Waals surface area contributed by atoms with Gasteiger partial charge in [0.25, 0.3) is 0 Å². The fraction of sp³-hybridized carbons (Fsp3) is 0.765. The molecular formula is C102H180Cl12O8Si4. The van der Waals surface area contributed by atoms with Gasteiger partial charge in [-0.1, -0.05) is 245 Å². The average Bonchev–Trinajstić information content (AvgIpc) is 0.822. The standard InChI is InChI=1S/2C13H17ClO.2C12H25ClOSi.2C7H8O.2C6H10Cl2.2C6H11ClO.2C6H15ClSi.2CH4/c2*14-12-6-8-13(9-7-12)15-10-11-4-2-1-3-5-11;2*1-12(2,3)15(4,5)14-11-8-6-10(13)7-9-11;2*8-6-7-4-2-1-3-5-7;2*7-5-1-2-6(8)4-3-5;2*7-5-1-3-6(8)4-2-5;2*1-6(2,3)8(4,5)7;;/h2*1-5,12-13H,6-10H2;2*10-11H,6-9H2,1-5H3;2*1-5,8H,6H2;2*5-6H,1-4H2;2*5-6,8H,1-4H2;2*1-5H3;2*1H4. The molecule has 4 aromatic carbocycles. The molecule has 0 heterocycles. The summed E-state index contributed by atoms with van der Waals surface area (Å²) in [7, 11) is -5.89. The summed E-state index contributed by atoms with van der Waals surface area (Å²) in [5.74, 6) is 0. The number of alkyl halides is 10. The zero-order chi connectivity index (χ0) is 94.0. The van der Waals surface area contributed by atoms with Crippen molar-refractivity contribution in [2.45, 2.75) is 493 Å². The lowest BCUT2D eigenvalue weighted by Crippen LogP contribution is -2.44. The second-order valence-corrected chi connectivity index (χ2v) is 71.3. The molecule has 12 rings (SSSR count). The van der Waals surface area contributed by atoms with Gasteiger partial charge in [-0.2, -0.15) is 22.2 Å². The lowest BCUT2D eigenvalue weighted by Gasteiger charge is -2.40. The summed E-state index contributed by atoms with van der Waals surface area (Å²) in [5, 5.41) is 40.2. The second kappa shape index (κ2) is 68.9. The van der Waals surface area contributed by atoms with Crippen molar-refractivity contribution in [3.05, 3.63) is 144 Å². The first kappa shape index (κ1) is 129. The molecular weight excluding hydrogens is 1890 g/mol. The molecule has 0 aliphatic heterocycles. The number of benzene rings is 4. The van der Waals surface area contributed by atoms with Gasteiger partial charge in [0.2, 0.25) is 0 Å². The van der Waals surface area contributed by atoms with Crippen LogP contribution >= 0.6 is 138 Å². The number of halogens is 12. The maximum absolute atomic E-state index is 8.97. The van der Waals surface area contributed by atoms with Crippen LogP contribution < -0.4 is 0 Å². The highest BCUT2D eigenvalue weighted by Crippen LogP contribution is 2.43. The Hall–Kier alpha value is 0.908. The van der Waals surface area contributed by atoms with Gasteiger partial charge in [0.15, 0.2) is 31.4 Å². The minimum absolute atomic E-state index is 0. The molecule has 0 amide bonds. The van der Waals surface area contributed by atoms with Crippen LogP contribution in [-0.4, -0.2) is 142 Å². The monoisotopic (exact) mass is 2060 g/mol. The van der Waals surface area contributed by atoms with Gasteiger partial charge < -0.3 is 38.8 Å². The topological polar surface area (TPSA) is 118 Å². The van der Waals surface area contributed by atoms with Gasteiger partial charge >= 0.3 is 0 Å². The lowest BCUT2D eigenvalue weighted by molar-refractivity contribution is 0.0174. The van der Waals surface area contributed by atoms with E-state index >= 15 is 0 Å². The highest BCUT2D eigenvalue weighted by molar-refractivity contribution is 7.21. The Morgan fingerprint density at radius 3 is 0.548 bits per heavy atom. The van der Waals surface area contributed by atoms with Crippen molar-refractivity contribution < 1.29 is 38.8 Å². The van der Waals surface area contributed by atoms with Crippen LogP contribution in [0.1, 0.15) is 326 Å². The maximum atomic E-state index is 8.97. The Morgan fingerprint density at radius 1 is 0.254 bits per heavy atom. The number of hydrogen-bond donors (Lipinski definition) is 4. The summed E-state index contributed by atoms with van der Waals surface area (Å²) in [4.78, 5) is 0. The average molecular weight is 2070 g/mol. The Kier molecular flexibility index (Phi) is 70.5. The molecule has 4 N–H and O–H groups in total. The van der Waals surface area contributed by atoms with E-state index in [2.05, 4.69) is 160 Å². The minimum Gasteiger partial charge on any atom is -0.414 e. The van der Waals surface area contributed by atoms with E-state index < -0.39 is 31.4 Å². The molecule has 8 nitrogen and oxygen atoms in total. The van der Waals surface area contributed by atoms with Crippen molar-refractivity contribution >= 4 is 170 Å². The third kappa shape index (κ3) is 64.1. The van der Waals surface area contributed by atoms with Gasteiger partial charge in [0.1, 0.15) is 0 Å². The minimum atomic E-state index is -1.56. The van der Waals surface area contributed by atoms with Gasteiger partial charge in [-0.3, -0.25) is 0 Å². The molecule has 0 saturated heterocycles. The molecule has 0 radical (unpaired) electrons. The van der Waals surface area contributed by atoms with Crippen molar-refractivity contribution in [1.29, 1.82) is 0 Å². The van der Waals surface area contributed by atoms with Crippen molar-refractivity contribution in [2.24, 2.45) is 0 Å². The Balaban J connectivity index is 0. The van der Waals surface area contributed by atoms with Gasteiger partial charge in [0.05, 0.1) is 50.8 Å². The predicted molar refractivity (Wildman–Crippen MR) is 575 cm³/mol. The molecule has 8 aliphatic carbocycles. The molecule has 4 aromatic rings.